The van der Waals surface area contributed by atoms with Crippen molar-refractivity contribution in [2.24, 2.45) is 0 Å². The molecule has 1 heteroatoms. The summed E-state index contributed by atoms with van der Waals surface area (Å²) in [5.41, 5.74) is 24.6. The second-order valence-electron chi connectivity index (χ2n) is 19.5. The van der Waals surface area contributed by atoms with E-state index in [0.717, 1.165) is 31.4 Å². The molecule has 0 aromatic heterocycles. The van der Waals surface area contributed by atoms with Crippen molar-refractivity contribution in [2.45, 2.75) is 41.9 Å². The Hall–Kier alpha value is -8.00. The minimum atomic E-state index is -0.507. The van der Waals surface area contributed by atoms with E-state index in [1.807, 2.05) is 0 Å². The second kappa shape index (κ2) is 15.0. The Labute approximate surface area is 399 Å². The van der Waals surface area contributed by atoms with Crippen molar-refractivity contribution in [2.75, 3.05) is 4.90 Å². The zero-order chi connectivity index (χ0) is 44.9. The lowest BCUT2D eigenvalue weighted by molar-refractivity contribution is 0.265. The first-order valence-corrected chi connectivity index (χ1v) is 24.4. The van der Waals surface area contributed by atoms with Crippen molar-refractivity contribution < 1.29 is 0 Å². The normalized spacial score (nSPS) is 15.8. The van der Waals surface area contributed by atoms with Crippen LogP contribution >= 0.6 is 0 Å². The second-order valence-corrected chi connectivity index (χ2v) is 19.5. The van der Waals surface area contributed by atoms with E-state index in [1.165, 1.54) is 100 Å². The minimum absolute atomic E-state index is 0.0161. The molecular weight excluding hydrogens is 819 g/mol. The molecule has 1 nitrogen and oxygen atoms in total. The van der Waals surface area contributed by atoms with E-state index in [-0.39, 0.29) is 10.8 Å². The smallest absolute Gasteiger partial charge is 0.0714 e. The van der Waals surface area contributed by atoms with E-state index < -0.39 is 5.41 Å². The summed E-state index contributed by atoms with van der Waals surface area (Å²) in [6.45, 7) is 0. The molecule has 4 aliphatic carbocycles. The van der Waals surface area contributed by atoms with Crippen LogP contribution in [0.5, 0.6) is 0 Å². The molecule has 0 amide bonds. The molecule has 0 N–H and O–H groups in total. The van der Waals surface area contributed by atoms with Gasteiger partial charge in [-0.05, 0) is 139 Å². The van der Waals surface area contributed by atoms with Crippen LogP contribution in [0.4, 0.5) is 17.1 Å². The maximum absolute atomic E-state index is 2.59. The molecule has 0 bridgehead atoms. The lowest BCUT2D eigenvalue weighted by Crippen LogP contribution is -2.39. The Morgan fingerprint density at radius 3 is 1.25 bits per heavy atom. The molecule has 10 aromatic carbocycles. The van der Waals surface area contributed by atoms with Crippen LogP contribution in [0, 0.1) is 0 Å². The van der Waals surface area contributed by atoms with Crippen LogP contribution in [0.15, 0.2) is 249 Å². The maximum Gasteiger partial charge on any atom is 0.0714 e. The number of hydrogen-bond acceptors (Lipinski definition) is 1. The van der Waals surface area contributed by atoms with Crippen LogP contribution in [0.25, 0.3) is 44.5 Å². The molecule has 322 valence electrons. The van der Waals surface area contributed by atoms with E-state index >= 15 is 0 Å². The van der Waals surface area contributed by atoms with E-state index in [4.69, 9.17) is 0 Å². The standard InChI is InChI=1S/C67H49N/c1-4-19-46(20-5-1)47-35-37-50(38-36-47)68(63-34-18-33-61-64(63)56-28-13-17-32-60(56)67(61,48-21-6-2-7-22-48)49-23-8-3-9-24-49)51-39-40-55-54-27-12-16-31-59(54)66(62(55)45-51)43-41-65(42-44-66)57-29-14-10-25-52(57)53-26-11-15-30-58(53)65/h1-40,45H,41-44H2. The molecule has 1 saturated carbocycles. The van der Waals surface area contributed by atoms with Gasteiger partial charge in [0.1, 0.15) is 0 Å². The Bertz CT molecular complexity index is 3470. The first-order chi connectivity index (χ1) is 33.7. The third-order valence-corrected chi connectivity index (χ3v) is 16.6. The van der Waals surface area contributed by atoms with Gasteiger partial charge in [0.15, 0.2) is 0 Å². The highest BCUT2D eigenvalue weighted by atomic mass is 15.1. The lowest BCUT2D eigenvalue weighted by atomic mass is 9.57. The van der Waals surface area contributed by atoms with Gasteiger partial charge in [0.25, 0.3) is 0 Å². The molecule has 10 aromatic rings. The number of nitrogens with zero attached hydrogens (tertiary/aromatic N) is 1. The van der Waals surface area contributed by atoms with Gasteiger partial charge in [0, 0.05) is 27.8 Å². The highest BCUT2D eigenvalue weighted by Crippen LogP contribution is 2.65. The van der Waals surface area contributed by atoms with Gasteiger partial charge >= 0.3 is 0 Å². The summed E-state index contributed by atoms with van der Waals surface area (Å²) in [6.07, 6.45) is 4.38. The van der Waals surface area contributed by atoms with Crippen molar-refractivity contribution in [3.05, 3.63) is 293 Å². The Kier molecular flexibility index (Phi) is 8.65. The van der Waals surface area contributed by atoms with Crippen LogP contribution in [-0.2, 0) is 16.2 Å². The molecular formula is C67H49N. The van der Waals surface area contributed by atoms with E-state index in [1.54, 1.807) is 0 Å². The Morgan fingerprint density at radius 1 is 0.279 bits per heavy atom. The summed E-state index contributed by atoms with van der Waals surface area (Å²) in [7, 11) is 0. The van der Waals surface area contributed by atoms with Gasteiger partial charge in [0.2, 0.25) is 0 Å². The fourth-order valence-corrected chi connectivity index (χ4v) is 13.7. The molecule has 0 radical (unpaired) electrons. The molecule has 0 heterocycles. The number of rotatable bonds is 6. The van der Waals surface area contributed by atoms with Gasteiger partial charge in [-0.3, -0.25) is 0 Å². The lowest BCUT2D eigenvalue weighted by Gasteiger charge is -2.45. The molecule has 68 heavy (non-hydrogen) atoms. The van der Waals surface area contributed by atoms with Crippen molar-refractivity contribution in [1.29, 1.82) is 0 Å². The van der Waals surface area contributed by atoms with Gasteiger partial charge in [-0.1, -0.05) is 218 Å². The molecule has 0 saturated heterocycles. The number of anilines is 3. The van der Waals surface area contributed by atoms with Crippen molar-refractivity contribution in [3.63, 3.8) is 0 Å². The predicted octanol–water partition coefficient (Wildman–Crippen LogP) is 17.0. The summed E-state index contributed by atoms with van der Waals surface area (Å²) < 4.78 is 0. The van der Waals surface area contributed by atoms with Gasteiger partial charge < -0.3 is 4.90 Å². The average molecular weight is 868 g/mol. The van der Waals surface area contributed by atoms with Crippen LogP contribution < -0.4 is 4.90 Å². The molecule has 0 unspecified atom stereocenters. The van der Waals surface area contributed by atoms with Crippen LogP contribution in [0.1, 0.15) is 70.2 Å². The van der Waals surface area contributed by atoms with Gasteiger partial charge in [0.05, 0.1) is 11.1 Å². The van der Waals surface area contributed by atoms with Gasteiger partial charge in [-0.2, -0.15) is 0 Å². The molecule has 2 spiro atoms. The van der Waals surface area contributed by atoms with Crippen molar-refractivity contribution in [1.82, 2.24) is 0 Å². The summed E-state index contributed by atoms with van der Waals surface area (Å²) >= 11 is 0. The zero-order valence-corrected chi connectivity index (χ0v) is 37.9. The first-order valence-electron chi connectivity index (χ1n) is 24.4. The summed E-state index contributed by atoms with van der Waals surface area (Å²) in [5, 5.41) is 0. The topological polar surface area (TPSA) is 3.24 Å². The summed E-state index contributed by atoms with van der Waals surface area (Å²) in [4.78, 5) is 2.57. The van der Waals surface area contributed by atoms with Gasteiger partial charge in [-0.25, -0.2) is 0 Å². The molecule has 0 aliphatic heterocycles. The fraction of sp³-hybridized carbons (Fsp3) is 0.104. The number of fused-ring (bicyclic) bond motifs is 13. The predicted molar refractivity (Wildman–Crippen MR) is 281 cm³/mol. The average Bonchev–Trinajstić information content (AvgIpc) is 3.98. The maximum atomic E-state index is 2.59. The monoisotopic (exact) mass is 867 g/mol. The van der Waals surface area contributed by atoms with Crippen molar-refractivity contribution in [3.8, 4) is 44.5 Å². The van der Waals surface area contributed by atoms with E-state index in [2.05, 4.69) is 254 Å². The first kappa shape index (κ1) is 39.2. The SMILES string of the molecule is c1ccc(-c2ccc(N(c3ccc4c(c3)C3(CCC5(CC3)c3ccccc3-c3ccccc35)c3ccccc3-4)c3cccc4c3-c3ccccc3C4(c3ccccc3)c3ccccc3)cc2)cc1. The summed E-state index contributed by atoms with van der Waals surface area (Å²) in [5.74, 6) is 0. The third-order valence-electron chi connectivity index (χ3n) is 16.6. The molecule has 0 atom stereocenters. The highest BCUT2D eigenvalue weighted by molar-refractivity contribution is 5.98. The zero-order valence-electron chi connectivity index (χ0n) is 37.9. The molecule has 1 fully saturated rings. The van der Waals surface area contributed by atoms with E-state index in [0.29, 0.717) is 0 Å². The largest absolute Gasteiger partial charge is 0.310 e. The molecule has 14 rings (SSSR count). The van der Waals surface area contributed by atoms with Crippen molar-refractivity contribution >= 4 is 17.1 Å². The Morgan fingerprint density at radius 2 is 0.691 bits per heavy atom. The van der Waals surface area contributed by atoms with Gasteiger partial charge in [-0.15, -0.1) is 0 Å². The highest BCUT2D eigenvalue weighted by Gasteiger charge is 2.53. The molecule has 4 aliphatic rings. The third kappa shape index (κ3) is 5.39. The minimum Gasteiger partial charge on any atom is -0.310 e. The fourth-order valence-electron chi connectivity index (χ4n) is 13.7. The van der Waals surface area contributed by atoms with E-state index in [9.17, 15) is 0 Å². The van der Waals surface area contributed by atoms with Crippen LogP contribution in [0.3, 0.4) is 0 Å². The number of hydrogen-bond donors (Lipinski definition) is 0. The number of benzene rings is 10. The quantitative estimate of drug-likeness (QED) is 0.161. The van der Waals surface area contributed by atoms with Crippen LogP contribution in [0.2, 0.25) is 0 Å². The Balaban J connectivity index is 0.978. The van der Waals surface area contributed by atoms with Crippen LogP contribution in [-0.4, -0.2) is 0 Å². The summed E-state index contributed by atoms with van der Waals surface area (Å²) in [6, 6.07) is 93.8.